The van der Waals surface area contributed by atoms with E-state index in [1.54, 1.807) is 36.2 Å². The molecule has 0 spiro atoms. The molecule has 0 amide bonds. The number of aromatic hydroxyl groups is 1. The third kappa shape index (κ3) is 4.68. The first-order valence-electron chi connectivity index (χ1n) is 9.94. The van der Waals surface area contributed by atoms with Crippen LogP contribution in [-0.4, -0.2) is 58.4 Å². The predicted molar refractivity (Wildman–Crippen MR) is 123 cm³/mol. The molecular formula is C21H20BClNO8P. The van der Waals surface area contributed by atoms with Crippen LogP contribution in [0.4, 0.5) is 0 Å². The predicted octanol–water partition coefficient (Wildman–Crippen LogP) is 2.57. The van der Waals surface area contributed by atoms with Crippen LogP contribution in [-0.2, 0) is 4.57 Å². The molecule has 9 nitrogen and oxygen atoms in total. The van der Waals surface area contributed by atoms with E-state index in [1.165, 1.54) is 0 Å². The number of phosphoric ester groups is 1. The topological polar surface area (TPSA) is 141 Å². The molecule has 1 aliphatic heterocycles. The van der Waals surface area contributed by atoms with Crippen molar-refractivity contribution in [3.05, 3.63) is 57.2 Å². The number of β-amino-alcohol motifs (C(OH)–C–C–N with tert-alkyl or cyclic N) is 1. The maximum Gasteiger partial charge on any atom is 0.524 e. The van der Waals surface area contributed by atoms with Gasteiger partial charge in [-0.2, -0.15) is 0 Å². The van der Waals surface area contributed by atoms with Crippen LogP contribution in [0.1, 0.15) is 17.9 Å². The maximum absolute atomic E-state index is 13.0. The number of piperidine rings is 1. The number of phenols is 1. The molecule has 2 heterocycles. The van der Waals surface area contributed by atoms with Crippen molar-refractivity contribution in [2.75, 3.05) is 13.6 Å². The summed E-state index contributed by atoms with van der Waals surface area (Å²) in [5.74, 6) is -2.26. The number of halogens is 1. The van der Waals surface area contributed by atoms with E-state index in [4.69, 9.17) is 28.4 Å². The Morgan fingerprint density at radius 2 is 1.97 bits per heavy atom. The maximum atomic E-state index is 13.0. The molecule has 4 rings (SSSR count). The Balaban J connectivity index is 2.06. The summed E-state index contributed by atoms with van der Waals surface area (Å²) in [6, 6.07) is 8.71. The van der Waals surface area contributed by atoms with Crippen LogP contribution in [0.5, 0.6) is 11.5 Å². The van der Waals surface area contributed by atoms with Crippen molar-refractivity contribution in [2.24, 2.45) is 0 Å². The summed E-state index contributed by atoms with van der Waals surface area (Å²) < 4.78 is 22.5. The van der Waals surface area contributed by atoms with E-state index < -0.39 is 42.7 Å². The number of hydrogen-bond acceptors (Lipinski definition) is 7. The van der Waals surface area contributed by atoms with Crippen molar-refractivity contribution < 1.29 is 33.5 Å². The summed E-state index contributed by atoms with van der Waals surface area (Å²) in [4.78, 5) is 33.6. The minimum atomic E-state index is -5.08. The molecule has 0 saturated carbocycles. The summed E-state index contributed by atoms with van der Waals surface area (Å²) in [6.45, 7) is 0.151. The van der Waals surface area contributed by atoms with Crippen molar-refractivity contribution in [2.45, 2.75) is 24.4 Å². The number of phosphoric acid groups is 1. The van der Waals surface area contributed by atoms with E-state index in [9.17, 15) is 29.4 Å². The molecule has 1 fully saturated rings. The van der Waals surface area contributed by atoms with E-state index in [0.717, 1.165) is 12.1 Å². The molecule has 33 heavy (non-hydrogen) atoms. The Hall–Kier alpha value is -2.33. The number of benzene rings is 2. The highest BCUT2D eigenvalue weighted by Gasteiger charge is 2.37. The molecule has 4 N–H and O–H groups in total. The molecule has 1 saturated heterocycles. The Morgan fingerprint density at radius 3 is 2.64 bits per heavy atom. The van der Waals surface area contributed by atoms with Crippen molar-refractivity contribution in [3.8, 4) is 22.8 Å². The van der Waals surface area contributed by atoms with Gasteiger partial charge in [-0.05, 0) is 31.5 Å². The quantitative estimate of drug-likeness (QED) is 0.320. The van der Waals surface area contributed by atoms with Crippen molar-refractivity contribution >= 4 is 38.2 Å². The molecule has 1 unspecified atom stereocenters. The molecule has 12 heteroatoms. The molecule has 172 valence electrons. The average molecular weight is 492 g/mol. The van der Waals surface area contributed by atoms with Crippen LogP contribution in [0.2, 0.25) is 5.02 Å². The van der Waals surface area contributed by atoms with E-state index in [1.807, 2.05) is 0 Å². The second-order valence-corrected chi connectivity index (χ2v) is 9.54. The first-order chi connectivity index (χ1) is 15.5. The number of nitrogens with zero attached hydrogens (tertiary/aromatic N) is 1. The monoisotopic (exact) mass is 491 g/mol. The number of aliphatic hydroxyl groups is 1. The summed E-state index contributed by atoms with van der Waals surface area (Å²) in [7, 11) is 2.80. The van der Waals surface area contributed by atoms with Gasteiger partial charge < -0.3 is 24.1 Å². The van der Waals surface area contributed by atoms with Gasteiger partial charge in [-0.3, -0.25) is 14.6 Å². The van der Waals surface area contributed by atoms with Gasteiger partial charge in [0, 0.05) is 35.7 Å². The molecule has 3 atom stereocenters. The Bertz CT molecular complexity index is 1330. The molecule has 1 aliphatic rings. The van der Waals surface area contributed by atoms with Gasteiger partial charge in [-0.15, -0.1) is 0 Å². The number of likely N-dealkylation sites (tertiary alicyclic amines) is 1. The lowest BCUT2D eigenvalue weighted by Crippen LogP contribution is -2.47. The third-order valence-electron chi connectivity index (χ3n) is 5.71. The first kappa shape index (κ1) is 23.8. The minimum absolute atomic E-state index is 0.0215. The standard InChI is InChI=1S/C21H20BClNO8P/c1-24-9-15(27)11(6-18(24)22)19-17(32-33(28,29)30)8-14(26)20-13(25)7-16(31-21(19)20)10-4-2-3-5-12(10)23/h2-5,7-8,11,15,18,26-27H,6,9H2,1H3,(H2,28,29,30)/t11-,15+,18?/m0/s1. The van der Waals surface area contributed by atoms with Crippen molar-refractivity contribution in [3.63, 3.8) is 0 Å². The minimum Gasteiger partial charge on any atom is -0.507 e. The van der Waals surface area contributed by atoms with Gasteiger partial charge >= 0.3 is 7.82 Å². The molecule has 2 radical (unpaired) electrons. The van der Waals surface area contributed by atoms with Gasteiger partial charge in [0.15, 0.2) is 5.43 Å². The Morgan fingerprint density at radius 1 is 1.27 bits per heavy atom. The fourth-order valence-electron chi connectivity index (χ4n) is 4.13. The SMILES string of the molecule is [B]C1C[C@H](c2c(OP(=O)(O)O)cc(O)c3c(=O)cc(-c4ccccc4Cl)oc23)[C@H](O)CN1C. The highest BCUT2D eigenvalue weighted by Crippen LogP contribution is 2.48. The highest BCUT2D eigenvalue weighted by molar-refractivity contribution is 7.46. The zero-order chi connectivity index (χ0) is 24.1. The average Bonchev–Trinajstić information content (AvgIpc) is 2.70. The van der Waals surface area contributed by atoms with Crippen molar-refractivity contribution in [1.29, 1.82) is 0 Å². The zero-order valence-corrected chi connectivity index (χ0v) is 19.0. The summed E-state index contributed by atoms with van der Waals surface area (Å²) in [6.07, 6.45) is -0.870. The molecular weight excluding hydrogens is 471 g/mol. The van der Waals surface area contributed by atoms with Gasteiger partial charge in [-0.25, -0.2) is 4.57 Å². The summed E-state index contributed by atoms with van der Waals surface area (Å²) in [5.41, 5.74) is -0.375. The molecule has 3 aromatic rings. The van der Waals surface area contributed by atoms with Crippen LogP contribution >= 0.6 is 19.4 Å². The Labute approximate surface area is 194 Å². The second kappa shape index (κ2) is 8.79. The summed E-state index contributed by atoms with van der Waals surface area (Å²) in [5, 5.41) is 21.4. The summed E-state index contributed by atoms with van der Waals surface area (Å²) >= 11 is 6.26. The normalized spacial score (nSPS) is 21.9. The number of fused-ring (bicyclic) bond motifs is 1. The lowest BCUT2D eigenvalue weighted by Gasteiger charge is -2.39. The lowest BCUT2D eigenvalue weighted by atomic mass is 9.76. The molecule has 1 aromatic heterocycles. The fourth-order valence-corrected chi connectivity index (χ4v) is 4.76. The van der Waals surface area contributed by atoms with E-state index in [2.05, 4.69) is 0 Å². The van der Waals surface area contributed by atoms with Crippen LogP contribution < -0.4 is 9.95 Å². The molecule has 2 aromatic carbocycles. The van der Waals surface area contributed by atoms with Gasteiger partial charge in [0.25, 0.3) is 0 Å². The highest BCUT2D eigenvalue weighted by atomic mass is 35.5. The van der Waals surface area contributed by atoms with Crippen LogP contribution in [0.3, 0.4) is 0 Å². The molecule has 0 aliphatic carbocycles. The lowest BCUT2D eigenvalue weighted by molar-refractivity contribution is 0.0527. The van der Waals surface area contributed by atoms with Gasteiger partial charge in [0.1, 0.15) is 28.2 Å². The van der Waals surface area contributed by atoms with Gasteiger partial charge in [0.2, 0.25) is 0 Å². The van der Waals surface area contributed by atoms with E-state index >= 15 is 0 Å². The largest absolute Gasteiger partial charge is 0.524 e. The molecule has 0 bridgehead atoms. The van der Waals surface area contributed by atoms with E-state index in [0.29, 0.717) is 10.6 Å². The number of aliphatic hydroxyl groups excluding tert-OH is 1. The first-order valence-corrected chi connectivity index (χ1v) is 11.8. The van der Waals surface area contributed by atoms with Gasteiger partial charge in [-0.1, -0.05) is 23.7 Å². The van der Waals surface area contributed by atoms with E-state index in [-0.39, 0.29) is 35.3 Å². The second-order valence-electron chi connectivity index (χ2n) is 7.96. The van der Waals surface area contributed by atoms with Crippen LogP contribution in [0, 0.1) is 0 Å². The zero-order valence-electron chi connectivity index (χ0n) is 17.4. The van der Waals surface area contributed by atoms with Crippen LogP contribution in [0.15, 0.2) is 45.6 Å². The number of likely N-dealkylation sites (N-methyl/N-ethyl adjacent to an activating group) is 1. The van der Waals surface area contributed by atoms with Crippen molar-refractivity contribution in [1.82, 2.24) is 4.90 Å². The fraction of sp³-hybridized carbons (Fsp3) is 0.286. The smallest absolute Gasteiger partial charge is 0.507 e. The third-order valence-corrected chi connectivity index (χ3v) is 6.47. The number of rotatable bonds is 4. The van der Waals surface area contributed by atoms with Gasteiger partial charge in [0.05, 0.1) is 19.0 Å². The number of phenolic OH excluding ortho intramolecular Hbond substituents is 1. The number of hydrogen-bond donors (Lipinski definition) is 4. The van der Waals surface area contributed by atoms with Crippen LogP contribution in [0.25, 0.3) is 22.3 Å². The Kier molecular flexibility index (Phi) is 6.35.